The van der Waals surface area contributed by atoms with Gasteiger partial charge in [0.15, 0.2) is 0 Å². The predicted octanol–water partition coefficient (Wildman–Crippen LogP) is 2.96. The summed E-state index contributed by atoms with van der Waals surface area (Å²) in [5.74, 6) is 0.974. The molecule has 0 aromatic carbocycles. The quantitative estimate of drug-likeness (QED) is 0.886. The van der Waals surface area contributed by atoms with Crippen molar-refractivity contribution in [2.24, 2.45) is 5.73 Å². The van der Waals surface area contributed by atoms with Gasteiger partial charge in [0.1, 0.15) is 5.76 Å². The van der Waals surface area contributed by atoms with Crippen LogP contribution in [-0.4, -0.2) is 15.8 Å². The molecule has 0 aliphatic rings. The van der Waals surface area contributed by atoms with Gasteiger partial charge < -0.3 is 10.2 Å². The molecular weight excluding hydrogens is 262 g/mol. The van der Waals surface area contributed by atoms with Crippen LogP contribution in [-0.2, 0) is 19.4 Å². The summed E-state index contributed by atoms with van der Waals surface area (Å²) in [7, 11) is 0. The average molecular weight is 282 g/mol. The number of aromatic nitrogens is 2. The Kier molecular flexibility index (Phi) is 4.66. The van der Waals surface area contributed by atoms with Gasteiger partial charge in [0.25, 0.3) is 0 Å². The molecule has 2 aromatic rings. The number of hydrogen-bond acceptors (Lipinski definition) is 3. The van der Waals surface area contributed by atoms with Crippen LogP contribution in [0.3, 0.4) is 0 Å². The summed E-state index contributed by atoms with van der Waals surface area (Å²) in [5, 5.41) is 5.15. The Labute approximate surface area is 118 Å². The van der Waals surface area contributed by atoms with Crippen molar-refractivity contribution in [2.45, 2.75) is 45.7 Å². The molecule has 0 aliphatic heterocycles. The van der Waals surface area contributed by atoms with Crippen LogP contribution in [0.5, 0.6) is 0 Å². The molecule has 0 fully saturated rings. The first-order valence-electron chi connectivity index (χ1n) is 6.61. The van der Waals surface area contributed by atoms with Crippen molar-refractivity contribution in [1.29, 1.82) is 0 Å². The van der Waals surface area contributed by atoms with Gasteiger partial charge in [0.05, 0.1) is 22.7 Å². The standard InChI is InChI=1S/C14H20ClN3O/c1-3-18-13(14(15)10(2)17-18)9-11(16)6-7-12-5-4-8-19-12/h4-5,8,11H,3,6-7,9,16H2,1-2H3. The largest absolute Gasteiger partial charge is 0.469 e. The topological polar surface area (TPSA) is 57.0 Å². The lowest BCUT2D eigenvalue weighted by Gasteiger charge is -2.12. The molecule has 0 saturated carbocycles. The maximum atomic E-state index is 6.28. The van der Waals surface area contributed by atoms with Gasteiger partial charge in [-0.1, -0.05) is 11.6 Å². The molecule has 2 heterocycles. The molecule has 0 radical (unpaired) electrons. The number of rotatable bonds is 6. The first-order valence-corrected chi connectivity index (χ1v) is 6.99. The second-order valence-corrected chi connectivity index (χ2v) is 5.12. The third-order valence-electron chi connectivity index (χ3n) is 3.25. The van der Waals surface area contributed by atoms with E-state index in [1.165, 1.54) is 0 Å². The van der Waals surface area contributed by atoms with Gasteiger partial charge in [-0.3, -0.25) is 4.68 Å². The fourth-order valence-electron chi connectivity index (χ4n) is 2.20. The lowest BCUT2D eigenvalue weighted by molar-refractivity contribution is 0.478. The van der Waals surface area contributed by atoms with Crippen molar-refractivity contribution in [2.75, 3.05) is 0 Å². The van der Waals surface area contributed by atoms with E-state index in [1.54, 1.807) is 6.26 Å². The maximum Gasteiger partial charge on any atom is 0.103 e. The van der Waals surface area contributed by atoms with Crippen molar-refractivity contribution in [1.82, 2.24) is 9.78 Å². The third-order valence-corrected chi connectivity index (χ3v) is 3.74. The number of furan rings is 1. The Hall–Kier alpha value is -1.26. The van der Waals surface area contributed by atoms with Crippen LogP contribution in [0, 0.1) is 6.92 Å². The zero-order valence-electron chi connectivity index (χ0n) is 11.4. The van der Waals surface area contributed by atoms with E-state index < -0.39 is 0 Å². The van der Waals surface area contributed by atoms with Gasteiger partial charge in [0, 0.05) is 25.4 Å². The summed E-state index contributed by atoms with van der Waals surface area (Å²) >= 11 is 6.28. The molecule has 2 aromatic heterocycles. The minimum atomic E-state index is 0.0593. The van der Waals surface area contributed by atoms with Crippen LogP contribution >= 0.6 is 11.6 Å². The minimum absolute atomic E-state index is 0.0593. The zero-order valence-corrected chi connectivity index (χ0v) is 12.2. The van der Waals surface area contributed by atoms with Gasteiger partial charge in [-0.15, -0.1) is 0 Å². The van der Waals surface area contributed by atoms with E-state index in [9.17, 15) is 0 Å². The van der Waals surface area contributed by atoms with Gasteiger partial charge in [-0.25, -0.2) is 0 Å². The van der Waals surface area contributed by atoms with Crippen LogP contribution < -0.4 is 5.73 Å². The number of aryl methyl sites for hydroxylation is 3. The lowest BCUT2D eigenvalue weighted by Crippen LogP contribution is -2.25. The predicted molar refractivity (Wildman–Crippen MR) is 76.4 cm³/mol. The molecule has 4 nitrogen and oxygen atoms in total. The number of nitrogens with zero attached hydrogens (tertiary/aromatic N) is 2. The van der Waals surface area contributed by atoms with E-state index in [0.29, 0.717) is 0 Å². The molecule has 2 rings (SSSR count). The molecule has 0 aliphatic carbocycles. The van der Waals surface area contributed by atoms with Crippen LogP contribution in [0.2, 0.25) is 5.02 Å². The van der Waals surface area contributed by atoms with E-state index >= 15 is 0 Å². The summed E-state index contributed by atoms with van der Waals surface area (Å²) in [5.41, 5.74) is 8.09. The fourth-order valence-corrected chi connectivity index (χ4v) is 2.41. The van der Waals surface area contributed by atoms with Crippen LogP contribution in [0.1, 0.15) is 30.5 Å². The number of nitrogens with two attached hydrogens (primary N) is 1. The van der Waals surface area contributed by atoms with Gasteiger partial charge in [0.2, 0.25) is 0 Å². The van der Waals surface area contributed by atoms with Crippen LogP contribution in [0.15, 0.2) is 22.8 Å². The molecule has 19 heavy (non-hydrogen) atoms. The molecule has 5 heteroatoms. The Morgan fingerprint density at radius 1 is 1.53 bits per heavy atom. The van der Waals surface area contributed by atoms with Gasteiger partial charge in [-0.05, 0) is 32.4 Å². The van der Waals surface area contributed by atoms with Crippen LogP contribution in [0.25, 0.3) is 0 Å². The van der Waals surface area contributed by atoms with E-state index in [4.69, 9.17) is 21.8 Å². The smallest absolute Gasteiger partial charge is 0.103 e. The first-order chi connectivity index (χ1) is 9.11. The number of hydrogen-bond donors (Lipinski definition) is 1. The zero-order chi connectivity index (χ0) is 13.8. The normalized spacial score (nSPS) is 12.8. The number of halogens is 1. The van der Waals surface area contributed by atoms with Gasteiger partial charge >= 0.3 is 0 Å². The minimum Gasteiger partial charge on any atom is -0.469 e. The second-order valence-electron chi connectivity index (χ2n) is 4.74. The average Bonchev–Trinajstić information content (AvgIpc) is 3.00. The van der Waals surface area contributed by atoms with Crippen molar-refractivity contribution in [3.05, 3.63) is 40.6 Å². The molecule has 104 valence electrons. The highest BCUT2D eigenvalue weighted by Gasteiger charge is 2.15. The van der Waals surface area contributed by atoms with E-state index in [-0.39, 0.29) is 6.04 Å². The maximum absolute atomic E-state index is 6.28. The second kappa shape index (κ2) is 6.26. The summed E-state index contributed by atoms with van der Waals surface area (Å²) in [6, 6.07) is 3.93. The van der Waals surface area contributed by atoms with Crippen molar-refractivity contribution in [3.8, 4) is 0 Å². The Balaban J connectivity index is 1.96. The molecular formula is C14H20ClN3O. The summed E-state index contributed by atoms with van der Waals surface area (Å²) < 4.78 is 7.24. The molecule has 0 amide bonds. The van der Waals surface area contributed by atoms with Gasteiger partial charge in [-0.2, -0.15) is 5.10 Å². The van der Waals surface area contributed by atoms with E-state index in [1.807, 2.05) is 23.7 Å². The molecule has 0 spiro atoms. The Morgan fingerprint density at radius 2 is 2.32 bits per heavy atom. The molecule has 1 unspecified atom stereocenters. The summed E-state index contributed by atoms with van der Waals surface area (Å²) in [6.07, 6.45) is 4.16. The highest BCUT2D eigenvalue weighted by Crippen LogP contribution is 2.22. The van der Waals surface area contributed by atoms with Crippen LogP contribution in [0.4, 0.5) is 0 Å². The Morgan fingerprint density at radius 3 is 2.95 bits per heavy atom. The van der Waals surface area contributed by atoms with Crippen molar-refractivity contribution < 1.29 is 4.42 Å². The highest BCUT2D eigenvalue weighted by molar-refractivity contribution is 6.31. The summed E-state index contributed by atoms with van der Waals surface area (Å²) in [6.45, 7) is 4.79. The first kappa shape index (κ1) is 14.2. The summed E-state index contributed by atoms with van der Waals surface area (Å²) in [4.78, 5) is 0. The monoisotopic (exact) mass is 281 g/mol. The lowest BCUT2D eigenvalue weighted by atomic mass is 10.1. The van der Waals surface area contributed by atoms with E-state index in [0.717, 1.165) is 48.0 Å². The molecule has 0 saturated heterocycles. The molecule has 1 atom stereocenters. The SMILES string of the molecule is CCn1nc(C)c(Cl)c1CC(N)CCc1ccco1. The van der Waals surface area contributed by atoms with E-state index in [2.05, 4.69) is 12.0 Å². The fraction of sp³-hybridized carbons (Fsp3) is 0.500. The van der Waals surface area contributed by atoms with Crippen molar-refractivity contribution in [3.63, 3.8) is 0 Å². The highest BCUT2D eigenvalue weighted by atomic mass is 35.5. The third kappa shape index (κ3) is 3.39. The Bertz CT molecular complexity index is 519. The molecule has 2 N–H and O–H groups in total. The molecule has 0 bridgehead atoms. The van der Waals surface area contributed by atoms with Crippen molar-refractivity contribution >= 4 is 11.6 Å².